The minimum atomic E-state index is 0.488. The summed E-state index contributed by atoms with van der Waals surface area (Å²) in [4.78, 5) is 5.44. The summed E-state index contributed by atoms with van der Waals surface area (Å²) in [5.41, 5.74) is 0. The van der Waals surface area contributed by atoms with E-state index in [1.807, 2.05) is 0 Å². The SMILES string of the molecule is CCCCC(NCCC(C)CCC[15N](CCCC)CCCC)NCCC(C)CCC[15N](CCCC)CCCC. The van der Waals surface area contributed by atoms with Crippen molar-refractivity contribution < 1.29 is 0 Å². The number of hydrogen-bond donors (Lipinski definition) is 2. The van der Waals surface area contributed by atoms with Gasteiger partial charge in [0.2, 0.25) is 0 Å². The van der Waals surface area contributed by atoms with Gasteiger partial charge in [0.1, 0.15) is 0 Å². The van der Waals surface area contributed by atoms with Crippen molar-refractivity contribution >= 4 is 0 Å². The van der Waals surface area contributed by atoms with E-state index in [9.17, 15) is 0 Å². The molecule has 2 atom stereocenters. The van der Waals surface area contributed by atoms with Crippen molar-refractivity contribution in [3.63, 3.8) is 0 Å². The number of nitrogens with one attached hydrogen (secondary N) is 2. The summed E-state index contributed by atoms with van der Waals surface area (Å²) < 4.78 is 0. The van der Waals surface area contributed by atoms with Gasteiger partial charge in [-0.25, -0.2) is 0 Å². The van der Waals surface area contributed by atoms with Crippen LogP contribution in [0.25, 0.3) is 0 Å². The molecule has 0 radical (unpaired) electrons. The van der Waals surface area contributed by atoms with Crippen LogP contribution in [0.5, 0.6) is 0 Å². The molecular weight excluding hydrogens is 478 g/mol. The lowest BCUT2D eigenvalue weighted by molar-refractivity contribution is 0.251. The van der Waals surface area contributed by atoms with E-state index >= 15 is 0 Å². The van der Waals surface area contributed by atoms with Gasteiger partial charge >= 0.3 is 0 Å². The molecule has 2 unspecified atom stereocenters. The van der Waals surface area contributed by atoms with Crippen LogP contribution in [0.4, 0.5) is 0 Å². The topological polar surface area (TPSA) is 30.5 Å². The highest BCUT2D eigenvalue weighted by molar-refractivity contribution is 4.69. The molecular formula is C35H76N4. The van der Waals surface area contributed by atoms with Crippen molar-refractivity contribution in [2.45, 2.75) is 164 Å². The number of hydrogen-bond acceptors (Lipinski definition) is 4. The monoisotopic (exact) mass is 555 g/mol. The van der Waals surface area contributed by atoms with Crippen LogP contribution >= 0.6 is 0 Å². The Labute approximate surface area is 248 Å². The van der Waals surface area contributed by atoms with E-state index in [0.717, 1.165) is 24.9 Å². The molecule has 0 aromatic heterocycles. The Hall–Kier alpha value is -0.160. The van der Waals surface area contributed by atoms with Gasteiger partial charge in [0, 0.05) is 0 Å². The lowest BCUT2D eigenvalue weighted by Crippen LogP contribution is -2.43. The molecule has 0 saturated carbocycles. The van der Waals surface area contributed by atoms with Crippen molar-refractivity contribution in [3.05, 3.63) is 0 Å². The summed E-state index contributed by atoms with van der Waals surface area (Å²) in [6.45, 7) is 26.6. The Morgan fingerprint density at radius 2 is 0.744 bits per heavy atom. The zero-order valence-electron chi connectivity index (χ0n) is 28.3. The zero-order valence-corrected chi connectivity index (χ0v) is 28.3. The first kappa shape index (κ1) is 38.8. The Balaban J connectivity index is 4.20. The zero-order chi connectivity index (χ0) is 29.0. The normalized spacial score (nSPS) is 14.4. The molecule has 236 valence electrons. The van der Waals surface area contributed by atoms with E-state index in [1.165, 1.54) is 148 Å². The molecule has 0 aromatic rings. The van der Waals surface area contributed by atoms with Crippen LogP contribution in [0.3, 0.4) is 0 Å². The van der Waals surface area contributed by atoms with Crippen LogP contribution in [0.15, 0.2) is 0 Å². The maximum Gasteiger partial charge on any atom is 0.0571 e. The van der Waals surface area contributed by atoms with Crippen LogP contribution in [0.2, 0.25) is 0 Å². The van der Waals surface area contributed by atoms with Gasteiger partial charge in [-0.1, -0.05) is 87.0 Å². The van der Waals surface area contributed by atoms with Crippen LogP contribution in [0.1, 0.15) is 158 Å². The van der Waals surface area contributed by atoms with E-state index < -0.39 is 0 Å². The second kappa shape index (κ2) is 29.3. The third-order valence-corrected chi connectivity index (χ3v) is 8.56. The molecule has 0 saturated heterocycles. The first-order valence-corrected chi connectivity index (χ1v) is 17.9. The second-order valence-electron chi connectivity index (χ2n) is 12.8. The van der Waals surface area contributed by atoms with Gasteiger partial charge in [-0.3, -0.25) is 0 Å². The fourth-order valence-corrected chi connectivity index (χ4v) is 5.51. The van der Waals surface area contributed by atoms with Gasteiger partial charge in [0.05, 0.1) is 6.17 Å². The molecule has 39 heavy (non-hydrogen) atoms. The highest BCUT2D eigenvalue weighted by Crippen LogP contribution is 2.13. The number of unbranched alkanes of at least 4 members (excludes halogenated alkanes) is 5. The highest BCUT2D eigenvalue weighted by Gasteiger charge is 2.11. The largest absolute Gasteiger partial charge is 0.303 e. The predicted octanol–water partition coefficient (Wildman–Crippen LogP) is 9.10. The quantitative estimate of drug-likeness (QED) is 0.0661. The Bertz CT molecular complexity index is 418. The minimum Gasteiger partial charge on any atom is -0.303 e. The Kier molecular flexibility index (Phi) is 29.2. The van der Waals surface area contributed by atoms with Crippen molar-refractivity contribution in [2.75, 3.05) is 52.4 Å². The van der Waals surface area contributed by atoms with Crippen molar-refractivity contribution in [2.24, 2.45) is 11.8 Å². The van der Waals surface area contributed by atoms with Gasteiger partial charge in [-0.05, 0) is 135 Å². The summed E-state index contributed by atoms with van der Waals surface area (Å²) in [5, 5.41) is 7.77. The molecule has 2 N–H and O–H groups in total. The fourth-order valence-electron chi connectivity index (χ4n) is 5.51. The lowest BCUT2D eigenvalue weighted by atomic mass is 10.0. The molecule has 0 bridgehead atoms. The fraction of sp³-hybridized carbons (Fsp3) is 1.00. The molecule has 0 amide bonds. The molecule has 0 aliphatic heterocycles. The number of nitrogens with zero attached hydrogens (tertiary/aromatic N) is 2. The summed E-state index contributed by atoms with van der Waals surface area (Å²) in [6.07, 6.45) is 23.1. The predicted molar refractivity (Wildman–Crippen MR) is 178 cm³/mol. The molecule has 0 aliphatic carbocycles. The van der Waals surface area contributed by atoms with Gasteiger partial charge in [-0.15, -0.1) is 0 Å². The van der Waals surface area contributed by atoms with Crippen molar-refractivity contribution in [1.82, 2.24) is 20.4 Å². The molecule has 0 fully saturated rings. The summed E-state index contributed by atoms with van der Waals surface area (Å²) in [6, 6.07) is 0. The summed E-state index contributed by atoms with van der Waals surface area (Å²) in [5.74, 6) is 1.63. The molecule has 4 nitrogen and oxygen atoms in total. The molecule has 0 rings (SSSR count). The molecule has 4 heteroatoms. The average molecular weight is 555 g/mol. The first-order valence-electron chi connectivity index (χ1n) is 17.9. The van der Waals surface area contributed by atoms with Gasteiger partial charge in [-0.2, -0.15) is 0 Å². The van der Waals surface area contributed by atoms with Crippen molar-refractivity contribution in [1.29, 1.82) is 0 Å². The van der Waals surface area contributed by atoms with Crippen LogP contribution in [-0.4, -0.2) is 68.3 Å². The minimum absolute atomic E-state index is 0.488. The third-order valence-electron chi connectivity index (χ3n) is 8.56. The van der Waals surface area contributed by atoms with Crippen LogP contribution in [-0.2, 0) is 0 Å². The molecule has 0 aliphatic rings. The standard InChI is InChI=1S/C35H76N4/c1-8-13-22-35(36-25-23-33(6)20-18-31-38(27-14-9-2)28-15-10-3)37-26-24-34(7)21-19-32-39(29-16-11-4)30-17-12-5/h33-37H,8-32H2,1-7H3/i38+1,39+1. The maximum atomic E-state index is 3.88. The Morgan fingerprint density at radius 1 is 0.410 bits per heavy atom. The van der Waals surface area contributed by atoms with Gasteiger partial charge in [0.15, 0.2) is 0 Å². The van der Waals surface area contributed by atoms with Gasteiger partial charge < -0.3 is 20.4 Å². The van der Waals surface area contributed by atoms with Crippen LogP contribution < -0.4 is 10.6 Å². The van der Waals surface area contributed by atoms with Crippen molar-refractivity contribution in [3.8, 4) is 0 Å². The average Bonchev–Trinajstić information content (AvgIpc) is 2.93. The van der Waals surface area contributed by atoms with E-state index in [0.29, 0.717) is 6.17 Å². The van der Waals surface area contributed by atoms with E-state index in [4.69, 9.17) is 0 Å². The molecule has 0 aromatic carbocycles. The molecule has 0 heterocycles. The smallest absolute Gasteiger partial charge is 0.0571 e. The third kappa shape index (κ3) is 25.3. The maximum absolute atomic E-state index is 3.88. The number of rotatable bonds is 31. The first-order chi connectivity index (χ1) is 19.0. The second-order valence-corrected chi connectivity index (χ2v) is 12.8. The highest BCUT2D eigenvalue weighted by atomic mass is 15.8. The van der Waals surface area contributed by atoms with Gasteiger partial charge in [0.25, 0.3) is 0 Å². The summed E-state index contributed by atoms with van der Waals surface area (Å²) in [7, 11) is 0. The Morgan fingerprint density at radius 3 is 1.08 bits per heavy atom. The van der Waals surface area contributed by atoms with Crippen LogP contribution in [0, 0.1) is 11.8 Å². The molecule has 0 spiro atoms. The summed E-state index contributed by atoms with van der Waals surface area (Å²) >= 11 is 0. The van der Waals surface area contributed by atoms with E-state index in [2.05, 4.69) is 68.9 Å². The lowest BCUT2D eigenvalue weighted by Gasteiger charge is -2.24. The van der Waals surface area contributed by atoms with E-state index in [-0.39, 0.29) is 0 Å². The van der Waals surface area contributed by atoms with E-state index in [1.54, 1.807) is 0 Å².